The largest absolute Gasteiger partial charge is 0.240 e. The van der Waals surface area contributed by atoms with Crippen molar-refractivity contribution in [2.45, 2.75) is 32.1 Å². The third-order valence-electron chi connectivity index (χ3n) is 3.42. The van der Waals surface area contributed by atoms with E-state index in [4.69, 9.17) is 0 Å². The van der Waals surface area contributed by atoms with E-state index in [9.17, 15) is 5.26 Å². The Morgan fingerprint density at radius 2 is 1.68 bits per heavy atom. The molecule has 19 heavy (non-hydrogen) atoms. The lowest BCUT2D eigenvalue weighted by Gasteiger charge is -2.12. The summed E-state index contributed by atoms with van der Waals surface area (Å²) < 4.78 is 0. The normalized spacial score (nSPS) is 13.5. The minimum atomic E-state index is -0.396. The van der Waals surface area contributed by atoms with Crippen molar-refractivity contribution in [1.29, 1.82) is 5.26 Å². The Kier molecular flexibility index (Phi) is 4.25. The first-order valence-electron chi connectivity index (χ1n) is 6.52. The van der Waals surface area contributed by atoms with Gasteiger partial charge in [-0.15, -0.1) is 0 Å². The van der Waals surface area contributed by atoms with Crippen molar-refractivity contribution in [3.8, 4) is 6.07 Å². The number of nitriles is 1. The number of aromatic nitrogens is 2. The smallest absolute Gasteiger partial charge is 0.149 e. The molecule has 0 spiro atoms. The molecule has 3 nitrogen and oxygen atoms in total. The van der Waals surface area contributed by atoms with E-state index in [1.165, 1.54) is 5.56 Å². The minimum absolute atomic E-state index is 0.396. The van der Waals surface area contributed by atoms with Crippen LogP contribution in [0.25, 0.3) is 0 Å². The van der Waals surface area contributed by atoms with Gasteiger partial charge in [-0.1, -0.05) is 38.1 Å². The van der Waals surface area contributed by atoms with Crippen molar-refractivity contribution in [3.63, 3.8) is 0 Å². The molecule has 0 bridgehead atoms. The molecule has 0 radical (unpaired) electrons. The predicted octanol–water partition coefficient (Wildman–Crippen LogP) is 3.65. The molecule has 0 saturated carbocycles. The molecule has 0 aliphatic rings. The van der Waals surface area contributed by atoms with Crippen LogP contribution in [0, 0.1) is 11.3 Å². The molecule has 0 aliphatic heterocycles. The van der Waals surface area contributed by atoms with Gasteiger partial charge >= 0.3 is 0 Å². The molecule has 1 aromatic heterocycles. The summed E-state index contributed by atoms with van der Waals surface area (Å²) in [6.07, 6.45) is 4.45. The first kappa shape index (κ1) is 13.2. The van der Waals surface area contributed by atoms with Crippen LogP contribution in [-0.4, -0.2) is 9.97 Å². The molecule has 2 rings (SSSR count). The number of hydrogen-bond acceptors (Lipinski definition) is 3. The lowest BCUT2D eigenvalue weighted by Crippen LogP contribution is -2.03. The zero-order chi connectivity index (χ0) is 13.7. The van der Waals surface area contributed by atoms with Crippen molar-refractivity contribution < 1.29 is 0 Å². The number of nitrogens with zero attached hydrogens (tertiary/aromatic N) is 3. The maximum absolute atomic E-state index is 9.33. The molecular formula is C16H17N3. The maximum atomic E-state index is 9.33. The van der Waals surface area contributed by atoms with Crippen molar-refractivity contribution in [1.82, 2.24) is 9.97 Å². The molecule has 0 amide bonds. The van der Waals surface area contributed by atoms with Crippen LogP contribution < -0.4 is 0 Å². The summed E-state index contributed by atoms with van der Waals surface area (Å²) in [6, 6.07) is 12.2. The van der Waals surface area contributed by atoms with E-state index in [1.807, 2.05) is 12.1 Å². The molecule has 0 fully saturated rings. The van der Waals surface area contributed by atoms with Crippen molar-refractivity contribution >= 4 is 0 Å². The standard InChI is InChI=1S/C16H17N3/c1-3-12(2)13-5-7-14(8-6-13)15(11-17)16-18-9-4-10-19-16/h4-10,12,15H,3H2,1-2H3. The Morgan fingerprint density at radius 3 is 2.21 bits per heavy atom. The van der Waals surface area contributed by atoms with Gasteiger partial charge in [0.2, 0.25) is 0 Å². The highest BCUT2D eigenvalue weighted by atomic mass is 14.9. The fourth-order valence-corrected chi connectivity index (χ4v) is 1.99. The summed E-state index contributed by atoms with van der Waals surface area (Å²) in [4.78, 5) is 8.33. The third kappa shape index (κ3) is 2.97. The van der Waals surface area contributed by atoms with Crippen LogP contribution in [0.4, 0.5) is 0 Å². The number of rotatable bonds is 4. The lowest BCUT2D eigenvalue weighted by atomic mass is 9.93. The van der Waals surface area contributed by atoms with E-state index in [2.05, 4.69) is 42.0 Å². The van der Waals surface area contributed by atoms with Crippen LogP contribution in [0.1, 0.15) is 49.1 Å². The van der Waals surface area contributed by atoms with Crippen molar-refractivity contribution in [2.75, 3.05) is 0 Å². The van der Waals surface area contributed by atoms with Crippen LogP contribution in [0.5, 0.6) is 0 Å². The zero-order valence-corrected chi connectivity index (χ0v) is 11.2. The quantitative estimate of drug-likeness (QED) is 0.833. The van der Waals surface area contributed by atoms with Crippen LogP contribution in [-0.2, 0) is 0 Å². The number of benzene rings is 1. The number of hydrogen-bond donors (Lipinski definition) is 0. The molecule has 1 aromatic carbocycles. The molecule has 1 heterocycles. The summed E-state index contributed by atoms with van der Waals surface area (Å²) in [6.45, 7) is 4.38. The summed E-state index contributed by atoms with van der Waals surface area (Å²) in [5.41, 5.74) is 2.25. The van der Waals surface area contributed by atoms with Gasteiger partial charge in [-0.05, 0) is 29.5 Å². The Labute approximate surface area is 114 Å². The summed E-state index contributed by atoms with van der Waals surface area (Å²) >= 11 is 0. The van der Waals surface area contributed by atoms with Crippen LogP contribution in [0.15, 0.2) is 42.7 Å². The van der Waals surface area contributed by atoms with Gasteiger partial charge in [-0.25, -0.2) is 9.97 Å². The van der Waals surface area contributed by atoms with Gasteiger partial charge < -0.3 is 0 Å². The monoisotopic (exact) mass is 251 g/mol. The fraction of sp³-hybridized carbons (Fsp3) is 0.312. The molecular weight excluding hydrogens is 234 g/mol. The molecule has 2 aromatic rings. The van der Waals surface area contributed by atoms with E-state index in [0.29, 0.717) is 11.7 Å². The molecule has 0 N–H and O–H groups in total. The van der Waals surface area contributed by atoms with E-state index in [0.717, 1.165) is 12.0 Å². The molecule has 2 unspecified atom stereocenters. The summed E-state index contributed by atoms with van der Waals surface area (Å²) in [5.74, 6) is 0.705. The molecule has 3 heteroatoms. The predicted molar refractivity (Wildman–Crippen MR) is 74.6 cm³/mol. The third-order valence-corrected chi connectivity index (χ3v) is 3.42. The molecule has 0 saturated heterocycles. The van der Waals surface area contributed by atoms with E-state index < -0.39 is 5.92 Å². The molecule has 0 aliphatic carbocycles. The second-order valence-electron chi connectivity index (χ2n) is 4.65. The van der Waals surface area contributed by atoms with E-state index in [1.54, 1.807) is 18.5 Å². The highest BCUT2D eigenvalue weighted by molar-refractivity contribution is 5.34. The Morgan fingerprint density at radius 1 is 1.11 bits per heavy atom. The van der Waals surface area contributed by atoms with Gasteiger partial charge in [0, 0.05) is 12.4 Å². The average Bonchev–Trinajstić information content (AvgIpc) is 2.49. The van der Waals surface area contributed by atoms with Gasteiger partial charge in [-0.3, -0.25) is 0 Å². The minimum Gasteiger partial charge on any atom is -0.240 e. The zero-order valence-electron chi connectivity index (χ0n) is 11.2. The topological polar surface area (TPSA) is 49.6 Å². The van der Waals surface area contributed by atoms with Gasteiger partial charge in [-0.2, -0.15) is 5.26 Å². The lowest BCUT2D eigenvalue weighted by molar-refractivity contribution is 0.732. The van der Waals surface area contributed by atoms with Gasteiger partial charge in [0.15, 0.2) is 0 Å². The van der Waals surface area contributed by atoms with Gasteiger partial charge in [0.1, 0.15) is 11.7 Å². The summed E-state index contributed by atoms with van der Waals surface area (Å²) in [7, 11) is 0. The Hall–Kier alpha value is -2.21. The Bertz CT molecular complexity index is 555. The van der Waals surface area contributed by atoms with Gasteiger partial charge in [0.25, 0.3) is 0 Å². The fourth-order valence-electron chi connectivity index (χ4n) is 1.99. The van der Waals surface area contributed by atoms with E-state index in [-0.39, 0.29) is 0 Å². The first-order chi connectivity index (χ1) is 9.26. The van der Waals surface area contributed by atoms with Crippen LogP contribution in [0.3, 0.4) is 0 Å². The summed E-state index contributed by atoms with van der Waals surface area (Å²) in [5, 5.41) is 9.33. The Balaban J connectivity index is 2.28. The molecule has 2 atom stereocenters. The average molecular weight is 251 g/mol. The van der Waals surface area contributed by atoms with Crippen molar-refractivity contribution in [3.05, 3.63) is 59.7 Å². The highest BCUT2D eigenvalue weighted by Crippen LogP contribution is 2.24. The second kappa shape index (κ2) is 6.10. The maximum Gasteiger partial charge on any atom is 0.149 e. The SMILES string of the molecule is CCC(C)c1ccc(C(C#N)c2ncccn2)cc1. The highest BCUT2D eigenvalue weighted by Gasteiger charge is 2.16. The van der Waals surface area contributed by atoms with Crippen LogP contribution >= 0.6 is 0 Å². The molecule has 96 valence electrons. The second-order valence-corrected chi connectivity index (χ2v) is 4.65. The van der Waals surface area contributed by atoms with Crippen LogP contribution in [0.2, 0.25) is 0 Å². The first-order valence-corrected chi connectivity index (χ1v) is 6.52. The van der Waals surface area contributed by atoms with Gasteiger partial charge in [0.05, 0.1) is 6.07 Å². The van der Waals surface area contributed by atoms with E-state index >= 15 is 0 Å². The van der Waals surface area contributed by atoms with Crippen molar-refractivity contribution in [2.24, 2.45) is 0 Å².